The van der Waals surface area contributed by atoms with Crippen molar-refractivity contribution >= 4 is 5.95 Å². The van der Waals surface area contributed by atoms with E-state index >= 15 is 0 Å². The molecular formula is C16H27N5. The van der Waals surface area contributed by atoms with Gasteiger partial charge in [0.05, 0.1) is 0 Å². The van der Waals surface area contributed by atoms with E-state index in [-0.39, 0.29) is 0 Å². The van der Waals surface area contributed by atoms with Crippen LogP contribution in [-0.2, 0) is 0 Å². The first-order valence-electron chi connectivity index (χ1n) is 8.39. The summed E-state index contributed by atoms with van der Waals surface area (Å²) in [6.45, 7) is 6.60. The fraction of sp³-hybridized carbons (Fsp3) is 0.750. The largest absolute Gasteiger partial charge is 0.338 e. The molecule has 0 bridgehead atoms. The van der Waals surface area contributed by atoms with Gasteiger partial charge < -0.3 is 10.2 Å². The number of piperazine rings is 1. The van der Waals surface area contributed by atoms with Crippen LogP contribution in [0.1, 0.15) is 32.1 Å². The smallest absolute Gasteiger partial charge is 0.225 e. The second-order valence-corrected chi connectivity index (χ2v) is 6.17. The molecule has 1 aromatic rings. The molecule has 2 fully saturated rings. The highest BCUT2D eigenvalue weighted by molar-refractivity contribution is 5.29. The Kier molecular flexibility index (Phi) is 5.40. The van der Waals surface area contributed by atoms with Crippen molar-refractivity contribution in [1.29, 1.82) is 0 Å². The Morgan fingerprint density at radius 2 is 1.71 bits per heavy atom. The molecular weight excluding hydrogens is 262 g/mol. The molecule has 1 N–H and O–H groups in total. The Hall–Kier alpha value is -1.20. The summed E-state index contributed by atoms with van der Waals surface area (Å²) in [5.74, 6) is 0.873. The number of aromatic nitrogens is 2. The number of nitrogens with zero attached hydrogens (tertiary/aromatic N) is 4. The number of nitrogens with one attached hydrogen (secondary N) is 1. The highest BCUT2D eigenvalue weighted by atomic mass is 15.3. The lowest BCUT2D eigenvalue weighted by atomic mass is 9.95. The highest BCUT2D eigenvalue weighted by Gasteiger charge is 2.19. The van der Waals surface area contributed by atoms with Crippen molar-refractivity contribution in [3.05, 3.63) is 18.5 Å². The lowest BCUT2D eigenvalue weighted by Gasteiger charge is -2.35. The number of hydrogen-bond acceptors (Lipinski definition) is 5. The summed E-state index contributed by atoms with van der Waals surface area (Å²) in [5.41, 5.74) is 0. The van der Waals surface area contributed by atoms with E-state index in [0.717, 1.165) is 44.7 Å². The third kappa shape index (κ3) is 4.38. The Morgan fingerprint density at radius 1 is 1.00 bits per heavy atom. The summed E-state index contributed by atoms with van der Waals surface area (Å²) in [6, 6.07) is 2.65. The van der Waals surface area contributed by atoms with E-state index in [1.807, 2.05) is 18.5 Å². The van der Waals surface area contributed by atoms with Crippen molar-refractivity contribution in [2.45, 2.75) is 38.1 Å². The van der Waals surface area contributed by atoms with Crippen LogP contribution in [0.2, 0.25) is 0 Å². The van der Waals surface area contributed by atoms with E-state index < -0.39 is 0 Å². The van der Waals surface area contributed by atoms with Crippen LogP contribution in [0.3, 0.4) is 0 Å². The predicted molar refractivity (Wildman–Crippen MR) is 85.6 cm³/mol. The molecule has 5 nitrogen and oxygen atoms in total. The monoisotopic (exact) mass is 289 g/mol. The maximum Gasteiger partial charge on any atom is 0.225 e. The minimum atomic E-state index is 0.776. The molecule has 2 aliphatic rings. The van der Waals surface area contributed by atoms with Crippen molar-refractivity contribution in [3.8, 4) is 0 Å². The van der Waals surface area contributed by atoms with Gasteiger partial charge in [-0.05, 0) is 18.9 Å². The van der Waals surface area contributed by atoms with Gasteiger partial charge in [-0.1, -0.05) is 19.3 Å². The van der Waals surface area contributed by atoms with E-state index in [1.165, 1.54) is 38.6 Å². The molecule has 3 rings (SSSR count). The van der Waals surface area contributed by atoms with Crippen LogP contribution in [0.4, 0.5) is 5.95 Å². The zero-order chi connectivity index (χ0) is 14.3. The maximum atomic E-state index is 4.33. The zero-order valence-electron chi connectivity index (χ0n) is 12.9. The van der Waals surface area contributed by atoms with Crippen LogP contribution in [0.5, 0.6) is 0 Å². The van der Waals surface area contributed by atoms with Gasteiger partial charge in [-0.25, -0.2) is 9.97 Å². The lowest BCUT2D eigenvalue weighted by Crippen LogP contribution is -2.49. The minimum Gasteiger partial charge on any atom is -0.338 e. The van der Waals surface area contributed by atoms with Crippen molar-refractivity contribution in [1.82, 2.24) is 20.2 Å². The van der Waals surface area contributed by atoms with E-state index in [2.05, 4.69) is 25.1 Å². The van der Waals surface area contributed by atoms with Gasteiger partial charge in [-0.15, -0.1) is 0 Å². The molecule has 1 aliphatic heterocycles. The van der Waals surface area contributed by atoms with Gasteiger partial charge in [-0.2, -0.15) is 0 Å². The van der Waals surface area contributed by atoms with Crippen molar-refractivity contribution in [3.63, 3.8) is 0 Å². The normalized spacial score (nSPS) is 21.6. The van der Waals surface area contributed by atoms with E-state index in [1.54, 1.807) is 0 Å². The lowest BCUT2D eigenvalue weighted by molar-refractivity contribution is 0.247. The summed E-state index contributed by atoms with van der Waals surface area (Å²) in [6.07, 6.45) is 10.6. The van der Waals surface area contributed by atoms with Crippen molar-refractivity contribution < 1.29 is 0 Å². The molecule has 2 heterocycles. The molecule has 0 amide bonds. The van der Waals surface area contributed by atoms with E-state index in [9.17, 15) is 0 Å². The molecule has 116 valence electrons. The van der Waals surface area contributed by atoms with E-state index in [0.29, 0.717) is 0 Å². The van der Waals surface area contributed by atoms with Crippen LogP contribution in [0, 0.1) is 0 Å². The molecule has 21 heavy (non-hydrogen) atoms. The van der Waals surface area contributed by atoms with Crippen LogP contribution in [0.15, 0.2) is 18.5 Å². The van der Waals surface area contributed by atoms with Gasteiger partial charge in [0.1, 0.15) is 0 Å². The Bertz CT molecular complexity index is 396. The molecule has 1 aromatic heterocycles. The molecule has 0 spiro atoms. The first-order chi connectivity index (χ1) is 10.4. The highest BCUT2D eigenvalue weighted by Crippen LogP contribution is 2.17. The standard InChI is InChI=1S/C16H27N5/c1-2-5-15(6-3-1)17-9-10-20-11-13-21(14-12-20)16-18-7-4-8-19-16/h4,7-8,15,17H,1-3,5-6,9-14H2. The first-order valence-corrected chi connectivity index (χ1v) is 8.39. The number of anilines is 1. The number of hydrogen-bond donors (Lipinski definition) is 1. The van der Waals surface area contributed by atoms with Crippen molar-refractivity contribution in [2.24, 2.45) is 0 Å². The second kappa shape index (κ2) is 7.71. The van der Waals surface area contributed by atoms with Gasteiger partial charge in [0, 0.05) is 57.7 Å². The van der Waals surface area contributed by atoms with E-state index in [4.69, 9.17) is 0 Å². The average Bonchev–Trinajstić information content (AvgIpc) is 2.57. The summed E-state index contributed by atoms with van der Waals surface area (Å²) < 4.78 is 0. The van der Waals surface area contributed by atoms with Crippen LogP contribution < -0.4 is 10.2 Å². The van der Waals surface area contributed by atoms with Gasteiger partial charge in [-0.3, -0.25) is 4.90 Å². The van der Waals surface area contributed by atoms with Gasteiger partial charge in [0.15, 0.2) is 0 Å². The molecule has 0 aromatic carbocycles. The number of rotatable bonds is 5. The van der Waals surface area contributed by atoms with Crippen LogP contribution in [-0.4, -0.2) is 60.2 Å². The molecule has 1 saturated heterocycles. The Labute approximate surface area is 127 Å². The van der Waals surface area contributed by atoms with Crippen LogP contribution >= 0.6 is 0 Å². The average molecular weight is 289 g/mol. The first kappa shape index (κ1) is 14.7. The topological polar surface area (TPSA) is 44.3 Å². The Balaban J connectivity index is 1.34. The fourth-order valence-corrected chi connectivity index (χ4v) is 3.36. The Morgan fingerprint density at radius 3 is 2.43 bits per heavy atom. The SMILES string of the molecule is c1cnc(N2CCN(CCNC3CCCCC3)CC2)nc1. The zero-order valence-corrected chi connectivity index (χ0v) is 12.9. The quantitative estimate of drug-likeness (QED) is 0.890. The maximum absolute atomic E-state index is 4.33. The van der Waals surface area contributed by atoms with Gasteiger partial charge in [0.25, 0.3) is 0 Å². The van der Waals surface area contributed by atoms with Gasteiger partial charge in [0.2, 0.25) is 5.95 Å². The molecule has 1 aliphatic carbocycles. The van der Waals surface area contributed by atoms with Crippen LogP contribution in [0.25, 0.3) is 0 Å². The summed E-state index contributed by atoms with van der Waals surface area (Å²) in [7, 11) is 0. The minimum absolute atomic E-state index is 0.776. The molecule has 0 unspecified atom stereocenters. The second-order valence-electron chi connectivity index (χ2n) is 6.17. The molecule has 1 saturated carbocycles. The molecule has 0 radical (unpaired) electrons. The third-order valence-electron chi connectivity index (χ3n) is 4.67. The molecule has 0 atom stereocenters. The summed E-state index contributed by atoms with van der Waals surface area (Å²) in [5, 5.41) is 3.73. The third-order valence-corrected chi connectivity index (χ3v) is 4.67. The fourth-order valence-electron chi connectivity index (χ4n) is 3.36. The summed E-state index contributed by atoms with van der Waals surface area (Å²) in [4.78, 5) is 13.5. The van der Waals surface area contributed by atoms with Crippen molar-refractivity contribution in [2.75, 3.05) is 44.2 Å². The predicted octanol–water partition coefficient (Wildman–Crippen LogP) is 1.52. The summed E-state index contributed by atoms with van der Waals surface area (Å²) >= 11 is 0. The molecule has 5 heteroatoms. The van der Waals surface area contributed by atoms with Gasteiger partial charge >= 0.3 is 0 Å².